The van der Waals surface area contributed by atoms with Gasteiger partial charge in [-0.1, -0.05) is 18.2 Å². The van der Waals surface area contributed by atoms with E-state index in [0.29, 0.717) is 11.3 Å². The van der Waals surface area contributed by atoms with E-state index in [4.69, 9.17) is 10.2 Å². The average molecular weight is 271 g/mol. The molecule has 0 radical (unpaired) electrons. The normalized spacial score (nSPS) is 22.8. The van der Waals surface area contributed by atoms with Gasteiger partial charge in [0.2, 0.25) is 5.91 Å². The molecule has 0 bridgehead atoms. The summed E-state index contributed by atoms with van der Waals surface area (Å²) in [4.78, 5) is 13.1. The van der Waals surface area contributed by atoms with Crippen LogP contribution in [0.5, 0.6) is 0 Å². The highest BCUT2D eigenvalue weighted by Gasteiger charge is 2.43. The minimum atomic E-state index is -3.95. The first-order valence-electron chi connectivity index (χ1n) is 5.28. The van der Waals surface area contributed by atoms with Crippen LogP contribution in [0.25, 0.3) is 0 Å². The molecule has 0 saturated heterocycles. The summed E-state index contributed by atoms with van der Waals surface area (Å²) in [5.74, 6) is -1.23. The number of carbonyl (C=O) groups excluding carboxylic acids is 1. The monoisotopic (exact) mass is 271 g/mol. The van der Waals surface area contributed by atoms with Crippen LogP contribution in [0, 0.1) is 0 Å². The van der Waals surface area contributed by atoms with Gasteiger partial charge in [-0.25, -0.2) is 8.42 Å². The van der Waals surface area contributed by atoms with Crippen LogP contribution in [0.1, 0.15) is 5.56 Å². The molecule has 0 aromatic heterocycles. The van der Waals surface area contributed by atoms with Crippen LogP contribution in [-0.4, -0.2) is 43.1 Å². The summed E-state index contributed by atoms with van der Waals surface area (Å²) in [5, 5.41) is 16.4. The number of benzene rings is 1. The summed E-state index contributed by atoms with van der Waals surface area (Å²) in [5.41, 5.74) is 0.936. The second-order valence-corrected chi connectivity index (χ2v) is 6.29. The SMILES string of the molecule is CN1C(=O)C(C(O)O)S(=O)(=O)Cc2ccccc21. The third-order valence-corrected chi connectivity index (χ3v) is 4.87. The van der Waals surface area contributed by atoms with Crippen molar-refractivity contribution in [1.82, 2.24) is 0 Å². The number of para-hydroxylation sites is 1. The Morgan fingerprint density at radius 2 is 1.94 bits per heavy atom. The van der Waals surface area contributed by atoms with E-state index in [1.807, 2.05) is 0 Å². The molecule has 1 atom stereocenters. The summed E-state index contributed by atoms with van der Waals surface area (Å²) in [6, 6.07) is 6.57. The molecule has 1 aromatic carbocycles. The van der Waals surface area contributed by atoms with Gasteiger partial charge in [-0.05, 0) is 11.6 Å². The third kappa shape index (κ3) is 2.00. The smallest absolute Gasteiger partial charge is 0.250 e. The third-order valence-electron chi connectivity index (χ3n) is 2.94. The molecule has 1 aromatic rings. The highest BCUT2D eigenvalue weighted by atomic mass is 32.2. The van der Waals surface area contributed by atoms with Crippen molar-refractivity contribution in [3.8, 4) is 0 Å². The number of amides is 1. The van der Waals surface area contributed by atoms with E-state index < -0.39 is 27.3 Å². The molecule has 0 fully saturated rings. The highest BCUT2D eigenvalue weighted by Crippen LogP contribution is 2.29. The molecule has 7 heteroatoms. The molecule has 0 spiro atoms. The Hall–Kier alpha value is -1.44. The quantitative estimate of drug-likeness (QED) is 0.656. The molecule has 98 valence electrons. The molecule has 1 aliphatic heterocycles. The topological polar surface area (TPSA) is 94.9 Å². The van der Waals surface area contributed by atoms with E-state index >= 15 is 0 Å². The summed E-state index contributed by atoms with van der Waals surface area (Å²) in [6.07, 6.45) is -2.22. The number of hydrogen-bond acceptors (Lipinski definition) is 5. The second-order valence-electron chi connectivity index (χ2n) is 4.17. The molecule has 2 N–H and O–H groups in total. The fourth-order valence-electron chi connectivity index (χ4n) is 2.04. The Balaban J connectivity index is 2.62. The van der Waals surface area contributed by atoms with Gasteiger partial charge in [-0.15, -0.1) is 0 Å². The first kappa shape index (κ1) is 13.0. The Labute approximate surface area is 104 Å². The maximum absolute atomic E-state index is 12.0. The zero-order chi connectivity index (χ0) is 13.5. The summed E-state index contributed by atoms with van der Waals surface area (Å²) >= 11 is 0. The Bertz CT molecular complexity index is 581. The van der Waals surface area contributed by atoms with Gasteiger partial charge in [-0.2, -0.15) is 0 Å². The lowest BCUT2D eigenvalue weighted by Crippen LogP contribution is -2.46. The minimum absolute atomic E-state index is 0.387. The lowest BCUT2D eigenvalue weighted by molar-refractivity contribution is -0.125. The van der Waals surface area contributed by atoms with E-state index in [-0.39, 0.29) is 5.75 Å². The number of nitrogens with zero attached hydrogens (tertiary/aromatic N) is 1. The Morgan fingerprint density at radius 1 is 1.33 bits per heavy atom. The van der Waals surface area contributed by atoms with Crippen molar-refractivity contribution in [2.75, 3.05) is 11.9 Å². The number of hydrogen-bond donors (Lipinski definition) is 2. The maximum atomic E-state index is 12.0. The van der Waals surface area contributed by atoms with Crippen LogP contribution in [-0.2, 0) is 20.4 Å². The molecule has 6 nitrogen and oxygen atoms in total. The van der Waals surface area contributed by atoms with E-state index in [1.54, 1.807) is 24.3 Å². The van der Waals surface area contributed by atoms with Gasteiger partial charge in [0, 0.05) is 12.7 Å². The minimum Gasteiger partial charge on any atom is -0.367 e. The fourth-order valence-corrected chi connectivity index (χ4v) is 3.74. The molecule has 0 aliphatic carbocycles. The van der Waals surface area contributed by atoms with E-state index in [0.717, 1.165) is 4.90 Å². The summed E-state index contributed by atoms with van der Waals surface area (Å²) in [6.45, 7) is 0. The number of carbonyl (C=O) groups is 1. The van der Waals surface area contributed by atoms with Crippen molar-refractivity contribution < 1.29 is 23.4 Å². The predicted octanol–water partition coefficient (Wildman–Crippen LogP) is -0.743. The first-order valence-corrected chi connectivity index (χ1v) is 6.99. The lowest BCUT2D eigenvalue weighted by Gasteiger charge is -2.21. The van der Waals surface area contributed by atoms with Crippen LogP contribution in [0.2, 0.25) is 0 Å². The van der Waals surface area contributed by atoms with Crippen molar-refractivity contribution >= 4 is 21.4 Å². The van der Waals surface area contributed by atoms with Crippen LogP contribution in [0.15, 0.2) is 24.3 Å². The van der Waals surface area contributed by atoms with Crippen molar-refractivity contribution in [2.45, 2.75) is 17.3 Å². The molecule has 0 saturated carbocycles. The van der Waals surface area contributed by atoms with Gasteiger partial charge in [-0.3, -0.25) is 4.79 Å². The average Bonchev–Trinajstić information content (AvgIpc) is 2.33. The number of aliphatic hydroxyl groups excluding tert-OH is 1. The fraction of sp³-hybridized carbons (Fsp3) is 0.364. The van der Waals surface area contributed by atoms with Crippen LogP contribution < -0.4 is 4.90 Å². The van der Waals surface area contributed by atoms with E-state index in [2.05, 4.69) is 0 Å². The standard InChI is InChI=1S/C11H13NO5S/c1-12-8-5-3-2-4-7(8)6-18(16,17)9(10(12)13)11(14)15/h2-5,9,11,14-15H,6H2,1H3. The molecule has 18 heavy (non-hydrogen) atoms. The number of fused-ring (bicyclic) bond motifs is 1. The largest absolute Gasteiger partial charge is 0.367 e. The number of anilines is 1. The van der Waals surface area contributed by atoms with E-state index in [1.165, 1.54) is 7.05 Å². The number of aliphatic hydroxyl groups is 2. The predicted molar refractivity (Wildman–Crippen MR) is 64.5 cm³/mol. The highest BCUT2D eigenvalue weighted by molar-refractivity contribution is 7.92. The van der Waals surface area contributed by atoms with Crippen molar-refractivity contribution in [1.29, 1.82) is 0 Å². The van der Waals surface area contributed by atoms with Gasteiger partial charge in [0.15, 0.2) is 21.4 Å². The number of rotatable bonds is 1. The molecule has 2 rings (SSSR count). The van der Waals surface area contributed by atoms with E-state index in [9.17, 15) is 13.2 Å². The molecular formula is C11H13NO5S. The molecular weight excluding hydrogens is 258 g/mol. The number of sulfone groups is 1. The molecule has 1 heterocycles. The zero-order valence-electron chi connectivity index (χ0n) is 9.65. The van der Waals surface area contributed by atoms with Crippen LogP contribution >= 0.6 is 0 Å². The van der Waals surface area contributed by atoms with Gasteiger partial charge in [0.05, 0.1) is 5.75 Å². The van der Waals surface area contributed by atoms with Crippen molar-refractivity contribution in [3.63, 3.8) is 0 Å². The van der Waals surface area contributed by atoms with Gasteiger partial charge < -0.3 is 15.1 Å². The second kappa shape index (κ2) is 4.34. The van der Waals surface area contributed by atoms with Gasteiger partial charge in [0.1, 0.15) is 0 Å². The molecule has 1 aliphatic rings. The summed E-state index contributed by atoms with van der Waals surface area (Å²) in [7, 11) is -2.53. The lowest BCUT2D eigenvalue weighted by atomic mass is 10.2. The first-order chi connectivity index (χ1) is 8.34. The summed E-state index contributed by atoms with van der Waals surface area (Å²) < 4.78 is 24.0. The Kier molecular flexibility index (Phi) is 3.14. The molecule has 1 amide bonds. The zero-order valence-corrected chi connectivity index (χ0v) is 10.5. The Morgan fingerprint density at radius 3 is 2.56 bits per heavy atom. The van der Waals surface area contributed by atoms with Crippen LogP contribution in [0.3, 0.4) is 0 Å². The molecule has 1 unspecified atom stereocenters. The van der Waals surface area contributed by atoms with Crippen LogP contribution in [0.4, 0.5) is 5.69 Å². The van der Waals surface area contributed by atoms with Crippen molar-refractivity contribution in [3.05, 3.63) is 29.8 Å². The van der Waals surface area contributed by atoms with Crippen molar-refractivity contribution in [2.24, 2.45) is 0 Å². The maximum Gasteiger partial charge on any atom is 0.250 e. The van der Waals surface area contributed by atoms with Gasteiger partial charge >= 0.3 is 0 Å². The van der Waals surface area contributed by atoms with Gasteiger partial charge in [0.25, 0.3) is 0 Å².